The minimum absolute atomic E-state index is 0.343. The zero-order valence-electron chi connectivity index (χ0n) is 11.7. The van der Waals surface area contributed by atoms with Crippen molar-refractivity contribution in [2.24, 2.45) is 0 Å². The van der Waals surface area contributed by atoms with E-state index in [2.05, 4.69) is 42.4 Å². The van der Waals surface area contributed by atoms with Crippen molar-refractivity contribution in [2.45, 2.75) is 49.9 Å². The van der Waals surface area contributed by atoms with Crippen molar-refractivity contribution in [3.8, 4) is 6.07 Å². The van der Waals surface area contributed by atoms with Gasteiger partial charge in [0.2, 0.25) is 0 Å². The van der Waals surface area contributed by atoms with Crippen LogP contribution in [0.1, 0.15) is 31.5 Å². The van der Waals surface area contributed by atoms with Crippen LogP contribution in [0, 0.1) is 25.2 Å². The van der Waals surface area contributed by atoms with E-state index in [1.807, 2.05) is 20.9 Å². The zero-order valence-corrected chi connectivity index (χ0v) is 12.6. The van der Waals surface area contributed by atoms with Crippen molar-refractivity contribution >= 4 is 11.8 Å². The first kappa shape index (κ1) is 15.0. The van der Waals surface area contributed by atoms with Crippen LogP contribution in [0.5, 0.6) is 0 Å². The van der Waals surface area contributed by atoms with Crippen molar-refractivity contribution in [3.63, 3.8) is 0 Å². The highest BCUT2D eigenvalue weighted by Crippen LogP contribution is 2.27. The van der Waals surface area contributed by atoms with Crippen LogP contribution < -0.4 is 5.32 Å². The van der Waals surface area contributed by atoms with Gasteiger partial charge in [-0.2, -0.15) is 5.26 Å². The number of aryl methyl sites for hydroxylation is 2. The normalized spacial score (nSPS) is 15.8. The van der Waals surface area contributed by atoms with Gasteiger partial charge in [-0.25, -0.2) is 4.98 Å². The first-order chi connectivity index (χ1) is 8.38. The molecule has 0 amide bonds. The summed E-state index contributed by atoms with van der Waals surface area (Å²) in [4.78, 5) is 4.52. The number of nitriles is 1. The van der Waals surface area contributed by atoms with Gasteiger partial charge in [0, 0.05) is 10.9 Å². The van der Waals surface area contributed by atoms with Gasteiger partial charge in [-0.3, -0.25) is 0 Å². The summed E-state index contributed by atoms with van der Waals surface area (Å²) in [6.45, 7) is 8.15. The summed E-state index contributed by atoms with van der Waals surface area (Å²) in [7, 11) is 1.83. The molecule has 2 atom stereocenters. The van der Waals surface area contributed by atoms with Crippen LogP contribution >= 0.6 is 11.8 Å². The first-order valence-electron chi connectivity index (χ1n) is 6.10. The highest BCUT2D eigenvalue weighted by molar-refractivity contribution is 7.99. The Morgan fingerprint density at radius 1 is 1.50 bits per heavy atom. The molecule has 0 radical (unpaired) electrons. The summed E-state index contributed by atoms with van der Waals surface area (Å²) >= 11 is 1.73. The fourth-order valence-corrected chi connectivity index (χ4v) is 3.17. The van der Waals surface area contributed by atoms with Crippen molar-refractivity contribution < 1.29 is 0 Å². The molecule has 1 aromatic heterocycles. The Kier molecular flexibility index (Phi) is 5.18. The standard InChI is InChI=1S/C14H21N3S/c1-10-6-11(2)17-13(7-10)18-12(3)8-14(4,9-15)16-5/h6-7,12,16H,8H2,1-5H3. The second-order valence-corrected chi connectivity index (χ2v) is 6.41. The molecular formula is C14H21N3S. The number of thioether (sulfide) groups is 1. The van der Waals surface area contributed by atoms with E-state index in [0.717, 1.165) is 17.1 Å². The summed E-state index contributed by atoms with van der Waals surface area (Å²) in [5.41, 5.74) is 1.81. The molecule has 0 saturated heterocycles. The fraction of sp³-hybridized carbons (Fsp3) is 0.571. The largest absolute Gasteiger partial charge is 0.303 e. The zero-order chi connectivity index (χ0) is 13.8. The molecular weight excluding hydrogens is 242 g/mol. The van der Waals surface area contributed by atoms with Crippen molar-refractivity contribution in [1.29, 1.82) is 5.26 Å². The molecule has 2 unspecified atom stereocenters. The third-order valence-electron chi connectivity index (χ3n) is 2.89. The maximum absolute atomic E-state index is 9.15. The van der Waals surface area contributed by atoms with Gasteiger partial charge in [-0.05, 0) is 51.9 Å². The van der Waals surface area contributed by atoms with E-state index in [1.165, 1.54) is 5.56 Å². The Labute approximate surface area is 114 Å². The third kappa shape index (κ3) is 4.32. The number of nitrogens with zero attached hydrogens (tertiary/aromatic N) is 2. The summed E-state index contributed by atoms with van der Waals surface area (Å²) in [5.74, 6) is 0. The Morgan fingerprint density at radius 3 is 2.67 bits per heavy atom. The molecule has 98 valence electrons. The molecule has 0 aliphatic rings. The Bertz CT molecular complexity index is 433. The van der Waals surface area contributed by atoms with Crippen LogP contribution in [0.3, 0.4) is 0 Å². The van der Waals surface area contributed by atoms with E-state index in [-0.39, 0.29) is 0 Å². The van der Waals surface area contributed by atoms with Crippen LogP contribution in [-0.4, -0.2) is 22.8 Å². The third-order valence-corrected chi connectivity index (χ3v) is 3.91. The van der Waals surface area contributed by atoms with Crippen LogP contribution in [0.25, 0.3) is 0 Å². The number of hydrogen-bond acceptors (Lipinski definition) is 4. The highest BCUT2D eigenvalue weighted by Gasteiger charge is 2.24. The summed E-state index contributed by atoms with van der Waals surface area (Å²) in [6.07, 6.45) is 0.791. The number of pyridine rings is 1. The average Bonchev–Trinajstić information content (AvgIpc) is 2.27. The van der Waals surface area contributed by atoms with Gasteiger partial charge in [-0.15, -0.1) is 11.8 Å². The second kappa shape index (κ2) is 6.21. The van der Waals surface area contributed by atoms with Crippen molar-refractivity contribution in [3.05, 3.63) is 23.4 Å². The van der Waals surface area contributed by atoms with E-state index in [9.17, 15) is 0 Å². The van der Waals surface area contributed by atoms with Gasteiger partial charge in [0.25, 0.3) is 0 Å². The summed E-state index contributed by atoms with van der Waals surface area (Å²) in [5, 5.41) is 13.6. The Morgan fingerprint density at radius 2 is 2.17 bits per heavy atom. The first-order valence-corrected chi connectivity index (χ1v) is 6.98. The molecule has 0 aliphatic heterocycles. The monoisotopic (exact) mass is 263 g/mol. The molecule has 1 heterocycles. The number of nitrogens with one attached hydrogen (secondary N) is 1. The molecule has 0 bridgehead atoms. The van der Waals surface area contributed by atoms with E-state index < -0.39 is 5.54 Å². The molecule has 3 nitrogen and oxygen atoms in total. The lowest BCUT2D eigenvalue weighted by molar-refractivity contribution is 0.455. The SMILES string of the molecule is CNC(C)(C#N)CC(C)Sc1cc(C)cc(C)n1. The van der Waals surface area contributed by atoms with Gasteiger partial charge in [0.1, 0.15) is 5.54 Å². The predicted octanol–water partition coefficient (Wildman–Crippen LogP) is 3.07. The second-order valence-electron chi connectivity index (χ2n) is 4.95. The number of rotatable bonds is 5. The molecule has 0 aliphatic carbocycles. The smallest absolute Gasteiger partial charge is 0.104 e. The Balaban J connectivity index is 2.70. The molecule has 1 aromatic rings. The summed E-state index contributed by atoms with van der Waals surface area (Å²) in [6, 6.07) is 6.49. The van der Waals surface area contributed by atoms with Gasteiger partial charge in [0.15, 0.2) is 0 Å². The van der Waals surface area contributed by atoms with Crippen LogP contribution in [0.4, 0.5) is 0 Å². The maximum atomic E-state index is 9.15. The fourth-order valence-electron chi connectivity index (χ4n) is 1.89. The number of hydrogen-bond donors (Lipinski definition) is 1. The highest BCUT2D eigenvalue weighted by atomic mass is 32.2. The molecule has 0 saturated carbocycles. The topological polar surface area (TPSA) is 48.7 Å². The molecule has 1 rings (SSSR count). The maximum Gasteiger partial charge on any atom is 0.104 e. The quantitative estimate of drug-likeness (QED) is 0.829. The minimum Gasteiger partial charge on any atom is -0.303 e. The lowest BCUT2D eigenvalue weighted by Gasteiger charge is -2.24. The molecule has 0 aromatic carbocycles. The predicted molar refractivity (Wildman–Crippen MR) is 76.7 cm³/mol. The van der Waals surface area contributed by atoms with Crippen LogP contribution in [0.15, 0.2) is 17.2 Å². The molecule has 1 N–H and O–H groups in total. The lowest BCUT2D eigenvalue weighted by Crippen LogP contribution is -2.40. The van der Waals surface area contributed by atoms with Crippen molar-refractivity contribution in [1.82, 2.24) is 10.3 Å². The Hall–Kier alpha value is -1.05. The molecule has 18 heavy (non-hydrogen) atoms. The summed E-state index contributed by atoms with van der Waals surface area (Å²) < 4.78 is 0. The van der Waals surface area contributed by atoms with Gasteiger partial charge in [-0.1, -0.05) is 6.92 Å². The van der Waals surface area contributed by atoms with Gasteiger partial charge < -0.3 is 5.32 Å². The molecule has 4 heteroatoms. The van der Waals surface area contributed by atoms with Gasteiger partial charge in [0.05, 0.1) is 11.1 Å². The molecule has 0 fully saturated rings. The van der Waals surface area contributed by atoms with Gasteiger partial charge >= 0.3 is 0 Å². The number of aromatic nitrogens is 1. The van der Waals surface area contributed by atoms with Crippen molar-refractivity contribution in [2.75, 3.05) is 7.05 Å². The molecule has 0 spiro atoms. The van der Waals surface area contributed by atoms with E-state index >= 15 is 0 Å². The van der Waals surface area contributed by atoms with Crippen LogP contribution in [0.2, 0.25) is 0 Å². The van der Waals surface area contributed by atoms with E-state index in [4.69, 9.17) is 5.26 Å². The lowest BCUT2D eigenvalue weighted by atomic mass is 9.98. The van der Waals surface area contributed by atoms with Crippen LogP contribution in [-0.2, 0) is 0 Å². The van der Waals surface area contributed by atoms with E-state index in [1.54, 1.807) is 11.8 Å². The minimum atomic E-state index is -0.467. The van der Waals surface area contributed by atoms with E-state index in [0.29, 0.717) is 5.25 Å². The average molecular weight is 263 g/mol.